The summed E-state index contributed by atoms with van der Waals surface area (Å²) in [5, 5.41) is 3.11. The Balaban J connectivity index is 2.09. The zero-order valence-electron chi connectivity index (χ0n) is 15.3. The van der Waals surface area contributed by atoms with Gasteiger partial charge in [-0.05, 0) is 50.7 Å². The van der Waals surface area contributed by atoms with E-state index in [1.54, 1.807) is 7.11 Å². The third kappa shape index (κ3) is 3.21. The molecule has 1 spiro atoms. The van der Waals surface area contributed by atoms with Crippen LogP contribution in [0.3, 0.4) is 0 Å². The molecule has 0 bridgehead atoms. The molecule has 1 aliphatic carbocycles. The smallest absolute Gasteiger partial charge is 0.307 e. The molecule has 0 radical (unpaired) electrons. The number of carbonyl (C=O) groups is 2. The second-order valence-electron chi connectivity index (χ2n) is 7.09. The van der Waals surface area contributed by atoms with Crippen LogP contribution >= 0.6 is 0 Å². The quantitative estimate of drug-likeness (QED) is 0.857. The van der Waals surface area contributed by atoms with Gasteiger partial charge in [0.25, 0.3) is 5.91 Å². The van der Waals surface area contributed by atoms with Crippen LogP contribution in [0.5, 0.6) is 0 Å². The van der Waals surface area contributed by atoms with Crippen molar-refractivity contribution in [1.82, 2.24) is 5.32 Å². The number of amides is 1. The van der Waals surface area contributed by atoms with Crippen molar-refractivity contribution in [2.75, 3.05) is 7.11 Å². The molecule has 25 heavy (non-hydrogen) atoms. The van der Waals surface area contributed by atoms with E-state index in [4.69, 9.17) is 9.47 Å². The Morgan fingerprint density at radius 2 is 1.92 bits per heavy atom. The summed E-state index contributed by atoms with van der Waals surface area (Å²) < 4.78 is 11.1. The van der Waals surface area contributed by atoms with Gasteiger partial charge in [-0.15, -0.1) is 0 Å². The highest BCUT2D eigenvalue weighted by Crippen LogP contribution is 2.44. The average Bonchev–Trinajstić information content (AvgIpc) is 2.80. The first-order chi connectivity index (χ1) is 11.9. The Morgan fingerprint density at radius 3 is 2.48 bits per heavy atom. The van der Waals surface area contributed by atoms with Gasteiger partial charge in [0.2, 0.25) is 0 Å². The normalized spacial score (nSPS) is 26.1. The largest absolute Gasteiger partial charge is 0.428 e. The maximum absolute atomic E-state index is 12.8. The molecule has 1 heterocycles. The lowest BCUT2D eigenvalue weighted by Gasteiger charge is -2.37. The molecule has 0 atom stereocenters. The number of aryl methyl sites for hydroxylation is 2. The van der Waals surface area contributed by atoms with Crippen LogP contribution < -0.4 is 5.32 Å². The first-order valence-electron chi connectivity index (χ1n) is 8.72. The molecule has 1 fully saturated rings. The summed E-state index contributed by atoms with van der Waals surface area (Å²) in [6.07, 6.45) is 3.23. The molecule has 3 rings (SSSR count). The Morgan fingerprint density at radius 1 is 1.24 bits per heavy atom. The van der Waals surface area contributed by atoms with E-state index in [1.807, 2.05) is 32.0 Å². The lowest BCUT2D eigenvalue weighted by Crippen LogP contribution is -2.49. The first-order valence-corrected chi connectivity index (χ1v) is 8.72. The Kier molecular flexibility index (Phi) is 4.69. The summed E-state index contributed by atoms with van der Waals surface area (Å²) >= 11 is 0. The Hall–Kier alpha value is -2.14. The molecule has 2 aliphatic rings. The van der Waals surface area contributed by atoms with Crippen LogP contribution in [0.4, 0.5) is 0 Å². The minimum Gasteiger partial charge on any atom is -0.428 e. The molecule has 1 aliphatic heterocycles. The Labute approximate surface area is 148 Å². The number of benzene rings is 1. The van der Waals surface area contributed by atoms with Gasteiger partial charge in [-0.2, -0.15) is 0 Å². The molecule has 0 aromatic heterocycles. The van der Waals surface area contributed by atoms with E-state index < -0.39 is 11.5 Å². The van der Waals surface area contributed by atoms with Gasteiger partial charge in [0.05, 0.1) is 17.2 Å². The third-order valence-corrected chi connectivity index (χ3v) is 5.26. The van der Waals surface area contributed by atoms with E-state index in [1.165, 1.54) is 6.92 Å². The molecule has 1 N–H and O–H groups in total. The lowest BCUT2D eigenvalue weighted by atomic mass is 9.79. The zero-order chi connectivity index (χ0) is 18.2. The first kappa shape index (κ1) is 17.7. The summed E-state index contributed by atoms with van der Waals surface area (Å²) in [4.78, 5) is 24.6. The predicted molar refractivity (Wildman–Crippen MR) is 94.7 cm³/mol. The van der Waals surface area contributed by atoms with Crippen LogP contribution in [0.1, 0.15) is 49.3 Å². The van der Waals surface area contributed by atoms with E-state index in [9.17, 15) is 9.59 Å². The molecule has 0 saturated heterocycles. The SMILES string of the molecule is COC1CCC2(CC1)NC(=O)C(c1ccc(C)cc1C)=C2OC(C)=O. The molecule has 5 nitrogen and oxygen atoms in total. The molecule has 134 valence electrons. The predicted octanol–water partition coefficient (Wildman–Crippen LogP) is 3.04. The van der Waals surface area contributed by atoms with Crippen molar-refractivity contribution in [3.05, 3.63) is 40.6 Å². The minimum absolute atomic E-state index is 0.168. The van der Waals surface area contributed by atoms with Crippen molar-refractivity contribution >= 4 is 17.4 Å². The van der Waals surface area contributed by atoms with E-state index >= 15 is 0 Å². The maximum atomic E-state index is 12.8. The van der Waals surface area contributed by atoms with Gasteiger partial charge in [-0.1, -0.05) is 23.8 Å². The minimum atomic E-state index is -0.607. The van der Waals surface area contributed by atoms with Gasteiger partial charge in [-0.3, -0.25) is 9.59 Å². The van der Waals surface area contributed by atoms with Gasteiger partial charge >= 0.3 is 5.97 Å². The number of esters is 1. The number of methoxy groups -OCH3 is 1. The third-order valence-electron chi connectivity index (χ3n) is 5.26. The molecule has 5 heteroatoms. The monoisotopic (exact) mass is 343 g/mol. The number of nitrogens with one attached hydrogen (secondary N) is 1. The fourth-order valence-electron chi connectivity index (χ4n) is 3.98. The number of carbonyl (C=O) groups excluding carboxylic acids is 2. The van der Waals surface area contributed by atoms with E-state index in [0.717, 1.165) is 29.5 Å². The molecule has 1 saturated carbocycles. The summed E-state index contributed by atoms with van der Waals surface area (Å²) in [6.45, 7) is 5.37. The van der Waals surface area contributed by atoms with Crippen molar-refractivity contribution in [2.45, 2.75) is 58.1 Å². The van der Waals surface area contributed by atoms with Gasteiger partial charge in [0.1, 0.15) is 5.76 Å². The van der Waals surface area contributed by atoms with Gasteiger partial charge < -0.3 is 14.8 Å². The van der Waals surface area contributed by atoms with Crippen LogP contribution in [-0.4, -0.2) is 30.6 Å². The highest BCUT2D eigenvalue weighted by atomic mass is 16.5. The zero-order valence-corrected chi connectivity index (χ0v) is 15.3. The van der Waals surface area contributed by atoms with E-state index in [2.05, 4.69) is 5.32 Å². The lowest BCUT2D eigenvalue weighted by molar-refractivity contribution is -0.138. The summed E-state index contributed by atoms with van der Waals surface area (Å²) in [5.41, 5.74) is 2.83. The second-order valence-corrected chi connectivity index (χ2v) is 7.09. The fraction of sp³-hybridized carbons (Fsp3) is 0.500. The molecule has 1 amide bonds. The second kappa shape index (κ2) is 6.64. The summed E-state index contributed by atoms with van der Waals surface area (Å²) in [6, 6.07) is 5.94. The highest BCUT2D eigenvalue weighted by molar-refractivity contribution is 6.23. The Bertz CT molecular complexity index is 742. The van der Waals surface area contributed by atoms with E-state index in [0.29, 0.717) is 24.2 Å². The van der Waals surface area contributed by atoms with E-state index in [-0.39, 0.29) is 12.0 Å². The van der Waals surface area contributed by atoms with Crippen molar-refractivity contribution in [3.63, 3.8) is 0 Å². The van der Waals surface area contributed by atoms with Crippen LogP contribution in [0.2, 0.25) is 0 Å². The molecule has 1 aromatic rings. The van der Waals surface area contributed by atoms with Gasteiger partial charge in [0.15, 0.2) is 0 Å². The number of hydrogen-bond acceptors (Lipinski definition) is 4. The average molecular weight is 343 g/mol. The van der Waals surface area contributed by atoms with Crippen molar-refractivity contribution in [1.29, 1.82) is 0 Å². The molecular weight excluding hydrogens is 318 g/mol. The van der Waals surface area contributed by atoms with Crippen LogP contribution in [-0.2, 0) is 19.1 Å². The standard InChI is InChI=1S/C20H25NO4/c1-12-5-6-16(13(2)11-12)17-18(25-14(3)22)20(21-19(17)23)9-7-15(24-4)8-10-20/h5-6,11,15H,7-10H2,1-4H3,(H,21,23). The van der Waals surface area contributed by atoms with Gasteiger partial charge in [-0.25, -0.2) is 0 Å². The number of ether oxygens (including phenoxy) is 2. The van der Waals surface area contributed by atoms with Crippen LogP contribution in [0.25, 0.3) is 5.57 Å². The number of hydrogen-bond donors (Lipinski definition) is 1. The summed E-state index contributed by atoms with van der Waals surface area (Å²) in [7, 11) is 1.71. The highest BCUT2D eigenvalue weighted by Gasteiger charge is 2.49. The van der Waals surface area contributed by atoms with Crippen LogP contribution in [0.15, 0.2) is 24.0 Å². The number of rotatable bonds is 3. The summed E-state index contributed by atoms with van der Waals surface area (Å²) in [5.74, 6) is -0.0902. The van der Waals surface area contributed by atoms with Crippen molar-refractivity contribution in [3.8, 4) is 0 Å². The molecule has 1 aromatic carbocycles. The molecule has 0 unspecified atom stereocenters. The molecular formula is C20H25NO4. The van der Waals surface area contributed by atoms with Crippen LogP contribution in [0, 0.1) is 13.8 Å². The van der Waals surface area contributed by atoms with Gasteiger partial charge in [0, 0.05) is 14.0 Å². The maximum Gasteiger partial charge on any atom is 0.307 e. The topological polar surface area (TPSA) is 64.6 Å². The van der Waals surface area contributed by atoms with Crippen molar-refractivity contribution < 1.29 is 19.1 Å². The van der Waals surface area contributed by atoms with Crippen molar-refractivity contribution in [2.24, 2.45) is 0 Å². The fourth-order valence-corrected chi connectivity index (χ4v) is 3.98.